The Kier molecular flexibility index (Phi) is 7.95. The van der Waals surface area contributed by atoms with Crippen LogP contribution in [0.3, 0.4) is 0 Å². The Labute approximate surface area is 49.7 Å². The molecule has 1 radical (unpaired) electrons. The second-order valence-corrected chi connectivity index (χ2v) is 1.07. The third kappa shape index (κ3) is 8.95. The van der Waals surface area contributed by atoms with E-state index in [2.05, 4.69) is 0 Å². The third-order valence-electron chi connectivity index (χ3n) is 0.211. The average molecular weight is 80.0 g/mol. The van der Waals surface area contributed by atoms with Gasteiger partial charge in [-0.2, -0.15) is 0 Å². The molecule has 0 atom stereocenters. The molecule has 0 aliphatic heterocycles. The fourth-order valence-corrected chi connectivity index (χ4v) is 0. The van der Waals surface area contributed by atoms with Crippen molar-refractivity contribution in [3.8, 4) is 0 Å². The van der Waals surface area contributed by atoms with Crippen molar-refractivity contribution < 1.29 is 4.79 Å². The SMILES string of the molecule is CN(C)C=O.[Li]. The molecule has 2 nitrogen and oxygen atoms in total. The van der Waals surface area contributed by atoms with Crippen LogP contribution in [0, 0.1) is 0 Å². The van der Waals surface area contributed by atoms with E-state index < -0.39 is 0 Å². The van der Waals surface area contributed by atoms with Crippen LogP contribution in [-0.2, 0) is 4.79 Å². The molecule has 0 aliphatic carbocycles. The Morgan fingerprint density at radius 3 is 1.67 bits per heavy atom. The normalized spacial score (nSPS) is 5.67. The molecule has 0 heterocycles. The zero-order valence-electron chi connectivity index (χ0n) is 4.43. The van der Waals surface area contributed by atoms with Gasteiger partial charge in [0, 0.05) is 33.0 Å². The molecule has 31 valence electrons. The molecular formula is C3H7LiNO. The Bertz CT molecular complexity index is 37.8. The number of hydrogen-bond acceptors (Lipinski definition) is 1. The van der Waals surface area contributed by atoms with Crippen LogP contribution < -0.4 is 0 Å². The Morgan fingerprint density at radius 2 is 1.67 bits per heavy atom. The number of carbonyl (C=O) groups is 1. The van der Waals surface area contributed by atoms with Crippen LogP contribution in [0.15, 0.2) is 0 Å². The molecule has 3 heteroatoms. The molecule has 0 aromatic rings. The van der Waals surface area contributed by atoms with E-state index in [-0.39, 0.29) is 18.9 Å². The maximum atomic E-state index is 9.43. The van der Waals surface area contributed by atoms with Gasteiger partial charge in [-0.05, 0) is 0 Å². The van der Waals surface area contributed by atoms with Gasteiger partial charge in [0.2, 0.25) is 6.41 Å². The van der Waals surface area contributed by atoms with E-state index in [9.17, 15) is 4.79 Å². The first-order chi connectivity index (χ1) is 2.27. The zero-order chi connectivity index (χ0) is 4.28. The first kappa shape index (κ1) is 9.42. The Hall–Kier alpha value is 0.0674. The Morgan fingerprint density at radius 1 is 1.50 bits per heavy atom. The second-order valence-electron chi connectivity index (χ2n) is 1.07. The summed E-state index contributed by atoms with van der Waals surface area (Å²) in [4.78, 5) is 10.9. The number of carbonyl (C=O) groups excluding carboxylic acids is 1. The zero-order valence-corrected chi connectivity index (χ0v) is 4.43. The van der Waals surface area contributed by atoms with E-state index in [4.69, 9.17) is 0 Å². The van der Waals surface area contributed by atoms with Crippen LogP contribution in [0.5, 0.6) is 0 Å². The van der Waals surface area contributed by atoms with Crippen molar-refractivity contribution in [1.82, 2.24) is 4.90 Å². The summed E-state index contributed by atoms with van der Waals surface area (Å²) in [6, 6.07) is 0. The molecule has 0 aliphatic rings. The van der Waals surface area contributed by atoms with Crippen molar-refractivity contribution in [3.63, 3.8) is 0 Å². The number of nitrogens with zero attached hydrogens (tertiary/aromatic N) is 1. The summed E-state index contributed by atoms with van der Waals surface area (Å²) in [6.07, 6.45) is 0.750. The molecule has 0 spiro atoms. The minimum absolute atomic E-state index is 0. The topological polar surface area (TPSA) is 20.3 Å². The number of amides is 1. The van der Waals surface area contributed by atoms with E-state index in [1.807, 2.05) is 0 Å². The van der Waals surface area contributed by atoms with Gasteiger partial charge in [0.05, 0.1) is 0 Å². The van der Waals surface area contributed by atoms with Crippen LogP contribution in [0.25, 0.3) is 0 Å². The average Bonchev–Trinajstić information content (AvgIpc) is 1.38. The molecule has 0 aromatic carbocycles. The van der Waals surface area contributed by atoms with Crippen molar-refractivity contribution in [2.24, 2.45) is 0 Å². The summed E-state index contributed by atoms with van der Waals surface area (Å²) < 4.78 is 0. The quantitative estimate of drug-likeness (QED) is 0.302. The Balaban J connectivity index is 0. The maximum Gasteiger partial charge on any atom is 0.209 e. The van der Waals surface area contributed by atoms with Gasteiger partial charge in [-0.25, -0.2) is 0 Å². The number of hydrogen-bond donors (Lipinski definition) is 0. The predicted octanol–water partition coefficient (Wildman–Crippen LogP) is -0.676. The summed E-state index contributed by atoms with van der Waals surface area (Å²) >= 11 is 0. The molecule has 0 N–H and O–H groups in total. The molecule has 0 bridgehead atoms. The fraction of sp³-hybridized carbons (Fsp3) is 0.667. The predicted molar refractivity (Wildman–Crippen MR) is 25.5 cm³/mol. The summed E-state index contributed by atoms with van der Waals surface area (Å²) in [5, 5.41) is 0. The first-order valence-electron chi connectivity index (χ1n) is 1.39. The van der Waals surface area contributed by atoms with Crippen molar-refractivity contribution in [2.45, 2.75) is 0 Å². The first-order valence-corrected chi connectivity index (χ1v) is 1.39. The maximum absolute atomic E-state index is 9.43. The fourth-order valence-electron chi connectivity index (χ4n) is 0. The van der Waals surface area contributed by atoms with Gasteiger partial charge in [0.25, 0.3) is 0 Å². The van der Waals surface area contributed by atoms with Gasteiger partial charge < -0.3 is 4.90 Å². The van der Waals surface area contributed by atoms with E-state index in [0.717, 1.165) is 6.41 Å². The van der Waals surface area contributed by atoms with Crippen molar-refractivity contribution in [1.29, 1.82) is 0 Å². The summed E-state index contributed by atoms with van der Waals surface area (Å²) in [7, 11) is 3.38. The molecular weight excluding hydrogens is 73.0 g/mol. The van der Waals surface area contributed by atoms with Crippen LogP contribution in [-0.4, -0.2) is 44.3 Å². The molecule has 0 saturated heterocycles. The number of rotatable bonds is 1. The second kappa shape index (κ2) is 5.07. The molecule has 0 rings (SSSR count). The van der Waals surface area contributed by atoms with Crippen LogP contribution in [0.4, 0.5) is 0 Å². The van der Waals surface area contributed by atoms with Crippen LogP contribution in [0.2, 0.25) is 0 Å². The van der Waals surface area contributed by atoms with Crippen molar-refractivity contribution >= 4 is 25.3 Å². The minimum Gasteiger partial charge on any atom is -0.351 e. The van der Waals surface area contributed by atoms with Gasteiger partial charge >= 0.3 is 0 Å². The van der Waals surface area contributed by atoms with E-state index in [1.54, 1.807) is 14.1 Å². The minimum atomic E-state index is 0. The molecule has 0 fully saturated rings. The van der Waals surface area contributed by atoms with Crippen LogP contribution in [0.1, 0.15) is 0 Å². The monoisotopic (exact) mass is 80.1 g/mol. The van der Waals surface area contributed by atoms with Gasteiger partial charge in [-0.1, -0.05) is 0 Å². The largest absolute Gasteiger partial charge is 0.351 e. The third-order valence-corrected chi connectivity index (χ3v) is 0.211. The van der Waals surface area contributed by atoms with E-state index in [1.165, 1.54) is 4.90 Å². The molecule has 0 unspecified atom stereocenters. The van der Waals surface area contributed by atoms with Gasteiger partial charge in [0.15, 0.2) is 0 Å². The standard InChI is InChI=1S/C3H7NO.Li/c1-4(2)3-5;/h3H,1-2H3;. The van der Waals surface area contributed by atoms with Crippen LogP contribution >= 0.6 is 0 Å². The van der Waals surface area contributed by atoms with Gasteiger partial charge in [-0.3, -0.25) is 4.79 Å². The molecule has 1 amide bonds. The van der Waals surface area contributed by atoms with Gasteiger partial charge in [0.1, 0.15) is 0 Å². The van der Waals surface area contributed by atoms with Crippen molar-refractivity contribution in [2.75, 3.05) is 14.1 Å². The summed E-state index contributed by atoms with van der Waals surface area (Å²) in [6.45, 7) is 0. The summed E-state index contributed by atoms with van der Waals surface area (Å²) in [5.41, 5.74) is 0. The smallest absolute Gasteiger partial charge is 0.209 e. The van der Waals surface area contributed by atoms with E-state index >= 15 is 0 Å². The van der Waals surface area contributed by atoms with Crippen molar-refractivity contribution in [3.05, 3.63) is 0 Å². The van der Waals surface area contributed by atoms with Gasteiger partial charge in [-0.15, -0.1) is 0 Å². The molecule has 0 saturated carbocycles. The van der Waals surface area contributed by atoms with E-state index in [0.29, 0.717) is 0 Å². The molecule has 6 heavy (non-hydrogen) atoms. The summed E-state index contributed by atoms with van der Waals surface area (Å²) in [5.74, 6) is 0. The molecule has 0 aromatic heterocycles.